The molecule has 0 atom stereocenters. The molecule has 6 nitrogen and oxygen atoms in total. The number of sulfonamides is 1. The van der Waals surface area contributed by atoms with Crippen molar-refractivity contribution in [2.45, 2.75) is 25.2 Å². The van der Waals surface area contributed by atoms with E-state index in [1.165, 1.54) is 7.11 Å². The largest absolute Gasteiger partial charge is 0.495 e. The summed E-state index contributed by atoms with van der Waals surface area (Å²) in [4.78, 5) is 6.61. The van der Waals surface area contributed by atoms with E-state index in [4.69, 9.17) is 4.74 Å². The van der Waals surface area contributed by atoms with Crippen molar-refractivity contribution >= 4 is 15.7 Å². The Balaban J connectivity index is 1.83. The first kappa shape index (κ1) is 18.7. The summed E-state index contributed by atoms with van der Waals surface area (Å²) < 4.78 is 33.2. The molecule has 0 saturated carbocycles. The molecule has 1 aliphatic heterocycles. The highest BCUT2D eigenvalue weighted by Gasteiger charge is 2.29. The Morgan fingerprint density at radius 1 is 1.08 bits per heavy atom. The minimum atomic E-state index is -3.59. The first-order chi connectivity index (χ1) is 12.4. The summed E-state index contributed by atoms with van der Waals surface area (Å²) in [5, 5.41) is 0. The molecular formula is C19H25N3O3S. The first-order valence-corrected chi connectivity index (χ1v) is 10.2. The molecule has 2 heterocycles. The SMILES string of the molecule is COc1cc(C)ccc1S(=O)(=O)N1CCCN(c2ccncc2C)CC1. The number of nitrogens with zero attached hydrogens (tertiary/aromatic N) is 3. The van der Waals surface area contributed by atoms with Gasteiger partial charge in [0.05, 0.1) is 7.11 Å². The Labute approximate surface area is 155 Å². The highest BCUT2D eigenvalue weighted by molar-refractivity contribution is 7.89. The van der Waals surface area contributed by atoms with Gasteiger partial charge in [0.25, 0.3) is 0 Å². The first-order valence-electron chi connectivity index (χ1n) is 8.74. The predicted octanol–water partition coefficient (Wildman–Crippen LogP) is 2.61. The topological polar surface area (TPSA) is 62.7 Å². The summed E-state index contributed by atoms with van der Waals surface area (Å²) >= 11 is 0. The van der Waals surface area contributed by atoms with Crippen LogP contribution in [-0.2, 0) is 10.0 Å². The van der Waals surface area contributed by atoms with Gasteiger partial charge in [0.1, 0.15) is 10.6 Å². The van der Waals surface area contributed by atoms with Gasteiger partial charge < -0.3 is 9.64 Å². The number of hydrogen-bond acceptors (Lipinski definition) is 5. The minimum Gasteiger partial charge on any atom is -0.495 e. The number of rotatable bonds is 4. The molecule has 0 amide bonds. The second kappa shape index (κ2) is 7.63. The van der Waals surface area contributed by atoms with Crippen LogP contribution in [0.1, 0.15) is 17.5 Å². The summed E-state index contributed by atoms with van der Waals surface area (Å²) in [6, 6.07) is 7.19. The van der Waals surface area contributed by atoms with Crippen molar-refractivity contribution in [2.75, 3.05) is 38.2 Å². The van der Waals surface area contributed by atoms with Crippen LogP contribution in [-0.4, -0.2) is 51.0 Å². The predicted molar refractivity (Wildman–Crippen MR) is 102 cm³/mol. The molecule has 1 aliphatic rings. The van der Waals surface area contributed by atoms with Crippen molar-refractivity contribution in [1.82, 2.24) is 9.29 Å². The smallest absolute Gasteiger partial charge is 0.246 e. The maximum Gasteiger partial charge on any atom is 0.246 e. The molecule has 0 bridgehead atoms. The van der Waals surface area contributed by atoms with Crippen molar-refractivity contribution in [3.8, 4) is 5.75 Å². The van der Waals surface area contributed by atoms with E-state index in [2.05, 4.69) is 9.88 Å². The zero-order valence-corrected chi connectivity index (χ0v) is 16.3. The van der Waals surface area contributed by atoms with Gasteiger partial charge in [0.2, 0.25) is 10.0 Å². The molecule has 0 unspecified atom stereocenters. The monoisotopic (exact) mass is 375 g/mol. The Bertz CT molecular complexity index is 883. The van der Waals surface area contributed by atoms with Crippen LogP contribution < -0.4 is 9.64 Å². The summed E-state index contributed by atoms with van der Waals surface area (Å²) in [7, 11) is -2.09. The fourth-order valence-electron chi connectivity index (χ4n) is 3.32. The van der Waals surface area contributed by atoms with E-state index in [9.17, 15) is 8.42 Å². The Morgan fingerprint density at radius 2 is 1.88 bits per heavy atom. The lowest BCUT2D eigenvalue weighted by atomic mass is 10.2. The molecule has 1 fully saturated rings. The third kappa shape index (κ3) is 3.68. The Kier molecular flexibility index (Phi) is 5.48. The van der Waals surface area contributed by atoms with Crippen molar-refractivity contribution in [3.05, 3.63) is 47.8 Å². The van der Waals surface area contributed by atoms with Crippen molar-refractivity contribution in [3.63, 3.8) is 0 Å². The molecule has 1 saturated heterocycles. The lowest BCUT2D eigenvalue weighted by Gasteiger charge is -2.25. The summed E-state index contributed by atoms with van der Waals surface area (Å²) in [6.45, 7) is 6.36. The molecule has 1 aromatic heterocycles. The van der Waals surface area contributed by atoms with Crippen LogP contribution in [0.3, 0.4) is 0 Å². The standard InChI is InChI=1S/C19H25N3O3S/c1-15-5-6-19(18(13-15)25-3)26(23,24)22-10-4-9-21(11-12-22)17-7-8-20-14-16(17)2/h5-8,13-14H,4,9-12H2,1-3H3. The maximum atomic E-state index is 13.2. The highest BCUT2D eigenvalue weighted by Crippen LogP contribution is 2.29. The van der Waals surface area contributed by atoms with E-state index in [0.29, 0.717) is 25.4 Å². The van der Waals surface area contributed by atoms with Gasteiger partial charge in [-0.25, -0.2) is 8.42 Å². The van der Waals surface area contributed by atoms with E-state index in [-0.39, 0.29) is 4.90 Å². The second-order valence-corrected chi connectivity index (χ2v) is 8.47. The number of methoxy groups -OCH3 is 1. The van der Waals surface area contributed by atoms with Crippen LogP contribution in [0.25, 0.3) is 0 Å². The molecule has 7 heteroatoms. The van der Waals surface area contributed by atoms with Gasteiger partial charge in [-0.3, -0.25) is 4.98 Å². The minimum absolute atomic E-state index is 0.235. The van der Waals surface area contributed by atoms with Crippen molar-refractivity contribution < 1.29 is 13.2 Å². The van der Waals surface area contributed by atoms with Crippen LogP contribution in [0.15, 0.2) is 41.6 Å². The number of hydrogen-bond donors (Lipinski definition) is 0. The van der Waals surface area contributed by atoms with E-state index in [1.807, 2.05) is 26.1 Å². The van der Waals surface area contributed by atoms with Gasteiger partial charge >= 0.3 is 0 Å². The maximum absolute atomic E-state index is 13.2. The summed E-state index contributed by atoms with van der Waals surface area (Å²) in [5.41, 5.74) is 3.19. The number of ether oxygens (including phenoxy) is 1. The van der Waals surface area contributed by atoms with Crippen LogP contribution in [0, 0.1) is 13.8 Å². The molecule has 0 spiro atoms. The zero-order valence-electron chi connectivity index (χ0n) is 15.5. The van der Waals surface area contributed by atoms with E-state index in [1.54, 1.807) is 28.7 Å². The number of aryl methyl sites for hydroxylation is 2. The van der Waals surface area contributed by atoms with Gasteiger partial charge in [0, 0.05) is 44.3 Å². The van der Waals surface area contributed by atoms with Gasteiger partial charge in [-0.1, -0.05) is 6.07 Å². The number of benzene rings is 1. The van der Waals surface area contributed by atoms with E-state index >= 15 is 0 Å². The normalized spacial score (nSPS) is 16.3. The second-order valence-electron chi connectivity index (χ2n) is 6.56. The number of pyridine rings is 1. The average molecular weight is 375 g/mol. The lowest BCUT2D eigenvalue weighted by molar-refractivity contribution is 0.393. The lowest BCUT2D eigenvalue weighted by Crippen LogP contribution is -2.35. The molecule has 3 rings (SSSR count). The van der Waals surface area contributed by atoms with Crippen LogP contribution in [0.2, 0.25) is 0 Å². The van der Waals surface area contributed by atoms with Crippen LogP contribution >= 0.6 is 0 Å². The molecule has 26 heavy (non-hydrogen) atoms. The van der Waals surface area contributed by atoms with Gasteiger partial charge in [0.15, 0.2) is 0 Å². The zero-order chi connectivity index (χ0) is 18.7. The molecule has 2 aromatic rings. The fraction of sp³-hybridized carbons (Fsp3) is 0.421. The molecule has 1 aromatic carbocycles. The summed E-state index contributed by atoms with van der Waals surface area (Å²) in [5.74, 6) is 0.399. The van der Waals surface area contributed by atoms with Gasteiger partial charge in [-0.15, -0.1) is 0 Å². The quantitative estimate of drug-likeness (QED) is 0.822. The molecular weight excluding hydrogens is 350 g/mol. The molecule has 0 aliphatic carbocycles. The van der Waals surface area contributed by atoms with Crippen molar-refractivity contribution in [2.24, 2.45) is 0 Å². The third-order valence-corrected chi connectivity index (χ3v) is 6.66. The van der Waals surface area contributed by atoms with E-state index in [0.717, 1.165) is 29.8 Å². The third-order valence-electron chi connectivity index (χ3n) is 4.72. The highest BCUT2D eigenvalue weighted by atomic mass is 32.2. The number of aromatic nitrogens is 1. The van der Waals surface area contributed by atoms with Crippen molar-refractivity contribution in [1.29, 1.82) is 0 Å². The number of anilines is 1. The fourth-order valence-corrected chi connectivity index (χ4v) is 4.93. The molecule has 0 radical (unpaired) electrons. The van der Waals surface area contributed by atoms with Gasteiger partial charge in [-0.2, -0.15) is 4.31 Å². The molecule has 0 N–H and O–H groups in total. The van der Waals surface area contributed by atoms with E-state index < -0.39 is 10.0 Å². The Morgan fingerprint density at radius 3 is 2.62 bits per heavy atom. The van der Waals surface area contributed by atoms with Gasteiger partial charge in [-0.05, 0) is 49.6 Å². The average Bonchev–Trinajstić information content (AvgIpc) is 2.88. The summed E-state index contributed by atoms with van der Waals surface area (Å²) in [6.07, 6.45) is 4.39. The Hall–Kier alpha value is -2.12. The molecule has 140 valence electrons. The van der Waals surface area contributed by atoms with Crippen LogP contribution in [0.4, 0.5) is 5.69 Å². The van der Waals surface area contributed by atoms with Crippen LogP contribution in [0.5, 0.6) is 5.75 Å².